The van der Waals surface area contributed by atoms with Gasteiger partial charge in [-0.2, -0.15) is 0 Å². The van der Waals surface area contributed by atoms with Gasteiger partial charge in [0.05, 0.1) is 6.04 Å². The fourth-order valence-electron chi connectivity index (χ4n) is 2.30. The normalized spacial score (nSPS) is 12.7. The molecule has 0 spiro atoms. The third kappa shape index (κ3) is 5.08. The Kier molecular flexibility index (Phi) is 6.03. The Labute approximate surface area is 149 Å². The lowest BCUT2D eigenvalue weighted by Crippen LogP contribution is -2.37. The van der Waals surface area contributed by atoms with Crippen LogP contribution >= 0.6 is 11.6 Å². The second-order valence-corrected chi connectivity index (χ2v) is 7.42. The van der Waals surface area contributed by atoms with E-state index in [1.807, 2.05) is 43.3 Å². The van der Waals surface area contributed by atoms with Crippen molar-refractivity contribution < 1.29 is 4.79 Å². The summed E-state index contributed by atoms with van der Waals surface area (Å²) < 4.78 is 0. The molecule has 0 saturated heterocycles. The lowest BCUT2D eigenvalue weighted by molar-refractivity contribution is -0.117. The highest BCUT2D eigenvalue weighted by Gasteiger charge is 2.15. The molecule has 0 aliphatic carbocycles. The molecule has 4 heteroatoms. The van der Waals surface area contributed by atoms with Crippen LogP contribution in [-0.4, -0.2) is 11.9 Å². The lowest BCUT2D eigenvalue weighted by Gasteiger charge is -2.19. The number of carbonyl (C=O) groups excluding carboxylic acids is 1. The van der Waals surface area contributed by atoms with Crippen molar-refractivity contribution in [1.82, 2.24) is 5.32 Å². The van der Waals surface area contributed by atoms with Crippen LogP contribution in [0.4, 0.5) is 5.69 Å². The molecule has 0 aliphatic rings. The Morgan fingerprint density at radius 2 is 1.71 bits per heavy atom. The van der Waals surface area contributed by atoms with Crippen LogP contribution in [0.25, 0.3) is 0 Å². The van der Waals surface area contributed by atoms with Gasteiger partial charge in [0.2, 0.25) is 5.91 Å². The van der Waals surface area contributed by atoms with Crippen molar-refractivity contribution in [3.63, 3.8) is 0 Å². The molecule has 0 aliphatic heterocycles. The monoisotopic (exact) mass is 344 g/mol. The number of hydrogen-bond donors (Lipinski definition) is 2. The van der Waals surface area contributed by atoms with Gasteiger partial charge in [-0.1, -0.05) is 62.7 Å². The zero-order chi connectivity index (χ0) is 17.7. The summed E-state index contributed by atoms with van der Waals surface area (Å²) in [6, 6.07) is 15.3. The maximum atomic E-state index is 12.3. The molecule has 0 unspecified atom stereocenters. The van der Waals surface area contributed by atoms with Crippen molar-refractivity contribution >= 4 is 23.2 Å². The van der Waals surface area contributed by atoms with E-state index in [4.69, 9.17) is 11.6 Å². The Hall–Kier alpha value is -1.84. The van der Waals surface area contributed by atoms with Gasteiger partial charge in [-0.25, -0.2) is 0 Å². The largest absolute Gasteiger partial charge is 0.325 e. The number of anilines is 1. The Morgan fingerprint density at radius 1 is 1.08 bits per heavy atom. The van der Waals surface area contributed by atoms with E-state index in [1.54, 1.807) is 0 Å². The zero-order valence-corrected chi connectivity index (χ0v) is 15.4. The van der Waals surface area contributed by atoms with Crippen LogP contribution in [0.15, 0.2) is 48.5 Å². The minimum Gasteiger partial charge on any atom is -0.325 e. The Bertz CT molecular complexity index is 690. The number of rotatable bonds is 5. The fourth-order valence-corrected chi connectivity index (χ4v) is 2.50. The summed E-state index contributed by atoms with van der Waals surface area (Å²) in [7, 11) is 0. The molecule has 24 heavy (non-hydrogen) atoms. The third-order valence-corrected chi connectivity index (χ3v) is 4.34. The van der Waals surface area contributed by atoms with Crippen LogP contribution in [0, 0.1) is 0 Å². The van der Waals surface area contributed by atoms with Gasteiger partial charge in [-0.15, -0.1) is 0 Å². The molecular formula is C20H25ClN2O. The van der Waals surface area contributed by atoms with E-state index in [9.17, 15) is 4.79 Å². The second-order valence-electron chi connectivity index (χ2n) is 7.01. The molecule has 2 N–H and O–H groups in total. The van der Waals surface area contributed by atoms with Crippen molar-refractivity contribution in [1.29, 1.82) is 0 Å². The maximum absolute atomic E-state index is 12.3. The molecule has 3 nitrogen and oxygen atoms in total. The van der Waals surface area contributed by atoms with E-state index in [0.29, 0.717) is 11.6 Å². The van der Waals surface area contributed by atoms with Gasteiger partial charge in [0.25, 0.3) is 0 Å². The first kappa shape index (κ1) is 18.5. The van der Waals surface area contributed by atoms with Crippen molar-refractivity contribution in [2.75, 3.05) is 5.32 Å². The highest BCUT2D eigenvalue weighted by atomic mass is 35.5. The molecule has 2 aromatic rings. The number of benzene rings is 2. The van der Waals surface area contributed by atoms with Crippen molar-refractivity contribution in [2.24, 2.45) is 0 Å². The van der Waals surface area contributed by atoms with Gasteiger partial charge >= 0.3 is 0 Å². The summed E-state index contributed by atoms with van der Waals surface area (Å²) >= 11 is 6.13. The average Bonchev–Trinajstić information content (AvgIpc) is 2.53. The average molecular weight is 345 g/mol. The molecule has 0 heterocycles. The van der Waals surface area contributed by atoms with E-state index in [-0.39, 0.29) is 17.4 Å². The number of hydrogen-bond acceptors (Lipinski definition) is 2. The van der Waals surface area contributed by atoms with Crippen molar-refractivity contribution in [2.45, 2.75) is 45.7 Å². The van der Waals surface area contributed by atoms with Crippen LogP contribution in [0.3, 0.4) is 0 Å². The minimum absolute atomic E-state index is 0.0643. The van der Waals surface area contributed by atoms with Crippen LogP contribution in [0.5, 0.6) is 0 Å². The Morgan fingerprint density at radius 3 is 2.29 bits per heavy atom. The van der Waals surface area contributed by atoms with Crippen molar-refractivity contribution in [3.05, 3.63) is 64.7 Å². The van der Waals surface area contributed by atoms with Crippen LogP contribution in [-0.2, 0) is 16.8 Å². The molecule has 2 aromatic carbocycles. The molecular weight excluding hydrogens is 320 g/mol. The highest BCUT2D eigenvalue weighted by Crippen LogP contribution is 2.23. The van der Waals surface area contributed by atoms with E-state index >= 15 is 0 Å². The molecule has 0 radical (unpaired) electrons. The number of nitrogens with one attached hydrogen (secondary N) is 2. The predicted molar refractivity (Wildman–Crippen MR) is 102 cm³/mol. The first-order chi connectivity index (χ1) is 11.3. The summed E-state index contributed by atoms with van der Waals surface area (Å²) in [4.78, 5) is 12.3. The molecule has 1 amide bonds. The van der Waals surface area contributed by atoms with E-state index in [0.717, 1.165) is 11.3 Å². The van der Waals surface area contributed by atoms with Gasteiger partial charge in [0.1, 0.15) is 0 Å². The van der Waals surface area contributed by atoms with E-state index in [1.165, 1.54) is 5.56 Å². The summed E-state index contributed by atoms with van der Waals surface area (Å²) in [6.07, 6.45) is 0. The summed E-state index contributed by atoms with van der Waals surface area (Å²) in [6.45, 7) is 8.90. The molecule has 128 valence electrons. The van der Waals surface area contributed by atoms with E-state index < -0.39 is 0 Å². The molecule has 0 saturated carbocycles. The smallest absolute Gasteiger partial charge is 0.241 e. The fraction of sp³-hybridized carbons (Fsp3) is 0.350. The molecule has 0 fully saturated rings. The van der Waals surface area contributed by atoms with Gasteiger partial charge < -0.3 is 10.6 Å². The number of carbonyl (C=O) groups is 1. The topological polar surface area (TPSA) is 41.1 Å². The van der Waals surface area contributed by atoms with Gasteiger partial charge in [0.15, 0.2) is 0 Å². The van der Waals surface area contributed by atoms with Crippen LogP contribution < -0.4 is 10.6 Å². The van der Waals surface area contributed by atoms with Gasteiger partial charge in [0, 0.05) is 17.3 Å². The molecule has 0 aromatic heterocycles. The zero-order valence-electron chi connectivity index (χ0n) is 14.7. The highest BCUT2D eigenvalue weighted by molar-refractivity contribution is 6.31. The first-order valence-corrected chi connectivity index (χ1v) is 8.53. The maximum Gasteiger partial charge on any atom is 0.241 e. The molecule has 2 rings (SSSR count). The number of halogens is 1. The molecule has 0 bridgehead atoms. The first-order valence-electron chi connectivity index (χ1n) is 8.15. The third-order valence-electron chi connectivity index (χ3n) is 3.97. The van der Waals surface area contributed by atoms with Crippen LogP contribution in [0.1, 0.15) is 38.8 Å². The Balaban J connectivity index is 1.91. The van der Waals surface area contributed by atoms with E-state index in [2.05, 4.69) is 43.5 Å². The summed E-state index contributed by atoms with van der Waals surface area (Å²) in [5.41, 5.74) is 3.13. The summed E-state index contributed by atoms with van der Waals surface area (Å²) in [5, 5.41) is 6.84. The van der Waals surface area contributed by atoms with Crippen LogP contribution in [0.2, 0.25) is 5.02 Å². The summed E-state index contributed by atoms with van der Waals surface area (Å²) in [5.74, 6) is -0.0643. The minimum atomic E-state index is -0.316. The van der Waals surface area contributed by atoms with Gasteiger partial charge in [-0.3, -0.25) is 4.79 Å². The standard InChI is InChI=1S/C20H25ClN2O/c1-14(22-13-15-7-5-6-8-18(15)21)19(24)23-17-11-9-16(10-12-17)20(2,3)4/h5-12,14,22H,13H2,1-4H3,(H,23,24)/t14-/m1/s1. The quantitative estimate of drug-likeness (QED) is 0.821. The predicted octanol–water partition coefficient (Wildman–Crippen LogP) is 4.75. The lowest BCUT2D eigenvalue weighted by atomic mass is 9.87. The SMILES string of the molecule is C[C@@H](NCc1ccccc1Cl)C(=O)Nc1ccc(C(C)(C)C)cc1. The molecule has 1 atom stereocenters. The van der Waals surface area contributed by atoms with Crippen molar-refractivity contribution in [3.8, 4) is 0 Å². The van der Waals surface area contributed by atoms with Gasteiger partial charge in [-0.05, 0) is 41.7 Å². The number of amides is 1. The second kappa shape index (κ2) is 7.82.